The Hall–Kier alpha value is -5.96. The minimum atomic E-state index is -0.943. The molecule has 6 N–H and O–H groups in total. The van der Waals surface area contributed by atoms with Crippen LogP contribution >= 0.6 is 0 Å². The highest BCUT2D eigenvalue weighted by Crippen LogP contribution is 2.44. The van der Waals surface area contributed by atoms with Crippen molar-refractivity contribution in [2.45, 2.75) is 50.8 Å². The number of benzene rings is 4. The van der Waals surface area contributed by atoms with Gasteiger partial charge in [0.25, 0.3) is 5.91 Å². The topological polar surface area (TPSA) is 184 Å². The van der Waals surface area contributed by atoms with Crippen LogP contribution in [0, 0.1) is 11.8 Å². The fourth-order valence-electron chi connectivity index (χ4n) is 8.64. The Labute approximate surface area is 343 Å². The van der Waals surface area contributed by atoms with Crippen molar-refractivity contribution in [2.24, 2.45) is 11.8 Å². The van der Waals surface area contributed by atoms with E-state index >= 15 is 0 Å². The lowest BCUT2D eigenvalue weighted by Crippen LogP contribution is -2.40. The number of anilines is 3. The fraction of sp³-hybridized carbons (Fsp3) is 0.378. The van der Waals surface area contributed by atoms with E-state index in [1.54, 1.807) is 22.9 Å². The van der Waals surface area contributed by atoms with Gasteiger partial charge in [-0.1, -0.05) is 60.7 Å². The number of aliphatic hydroxyl groups is 1. The van der Waals surface area contributed by atoms with Crippen LogP contribution in [0.4, 0.5) is 21.9 Å². The number of para-hydroxylation sites is 1. The summed E-state index contributed by atoms with van der Waals surface area (Å²) < 4.78 is 5.47. The molecule has 4 aromatic rings. The highest BCUT2D eigenvalue weighted by molar-refractivity contribution is 5.97. The molecule has 2 heterocycles. The number of ether oxygens (including phenoxy) is 1. The first-order valence-electron chi connectivity index (χ1n) is 20.2. The lowest BCUT2D eigenvalue weighted by atomic mass is 10.0. The summed E-state index contributed by atoms with van der Waals surface area (Å²) in [6.07, 6.45) is 0.911. The van der Waals surface area contributed by atoms with Crippen LogP contribution in [-0.2, 0) is 20.9 Å². The highest BCUT2D eigenvalue weighted by atomic mass is 16.5. The fourth-order valence-corrected chi connectivity index (χ4v) is 8.64. The number of nitrogens with zero attached hydrogens (tertiary/aromatic N) is 3. The standard InChI is InChI=1S/C45H52N6O8/c1-49(20-7-12-40(54)47-33-15-13-29(14-16-33)24-46-25-39(53)36-17-18-38(52)43-44(36)59-28-41(55)48-43)42(56)19-21-50-26-31-22-34(23-32(31)27-50)51(45(57)58)37-11-6-5-10-35(37)30-8-3-2-4-9-30/h2-6,8-11,13-18,31-32,34,39,46,52-53H,7,12,19-28H2,1H3,(H,47,54)(H,48,55)(H,57,58)/t31-,32+,34?,39-/m0/s1. The van der Waals surface area contributed by atoms with Crippen molar-refractivity contribution in [2.75, 3.05) is 61.9 Å². The van der Waals surface area contributed by atoms with Crippen molar-refractivity contribution in [1.29, 1.82) is 0 Å². The van der Waals surface area contributed by atoms with Crippen molar-refractivity contribution >= 4 is 40.9 Å². The SMILES string of the molecule is CN(CCCC(=O)Nc1ccc(CNC[C@H](O)c2ccc(O)c3c2OCC(=O)N3)cc1)C(=O)CCN1C[C@H]2CC(N(C(=O)O)c3ccccc3-c3ccccc3)C[C@H]2C1. The van der Waals surface area contributed by atoms with Gasteiger partial charge in [0, 0.05) is 82.0 Å². The molecule has 310 valence electrons. The van der Waals surface area contributed by atoms with E-state index in [-0.39, 0.29) is 60.5 Å². The zero-order chi connectivity index (χ0) is 41.5. The van der Waals surface area contributed by atoms with Gasteiger partial charge >= 0.3 is 6.09 Å². The third kappa shape index (κ3) is 10.0. The van der Waals surface area contributed by atoms with E-state index in [9.17, 15) is 34.5 Å². The highest BCUT2D eigenvalue weighted by Gasteiger charge is 2.44. The molecular formula is C45H52N6O8. The predicted molar refractivity (Wildman–Crippen MR) is 224 cm³/mol. The Kier molecular flexibility index (Phi) is 13.1. The van der Waals surface area contributed by atoms with Crippen LogP contribution in [0.5, 0.6) is 11.5 Å². The molecule has 4 aromatic carbocycles. The van der Waals surface area contributed by atoms with Crippen LogP contribution in [0.3, 0.4) is 0 Å². The number of aromatic hydroxyl groups is 1. The van der Waals surface area contributed by atoms with Gasteiger partial charge < -0.3 is 45.8 Å². The number of carbonyl (C=O) groups excluding carboxylic acids is 3. The summed E-state index contributed by atoms with van der Waals surface area (Å²) in [6.45, 7) is 3.30. The predicted octanol–water partition coefficient (Wildman–Crippen LogP) is 5.68. The number of hydrogen-bond donors (Lipinski definition) is 6. The first-order chi connectivity index (χ1) is 28.5. The number of carboxylic acid groups (broad SMARTS) is 1. The third-order valence-corrected chi connectivity index (χ3v) is 11.6. The summed E-state index contributed by atoms with van der Waals surface area (Å²) in [6, 6.07) is 27.9. The molecule has 4 atom stereocenters. The lowest BCUT2D eigenvalue weighted by Gasteiger charge is -2.30. The van der Waals surface area contributed by atoms with Crippen molar-refractivity contribution in [1.82, 2.24) is 15.1 Å². The van der Waals surface area contributed by atoms with E-state index < -0.39 is 12.2 Å². The molecule has 0 bridgehead atoms. The molecule has 1 saturated heterocycles. The number of nitrogens with one attached hydrogen (secondary N) is 3. The van der Waals surface area contributed by atoms with Gasteiger partial charge in [0.2, 0.25) is 11.8 Å². The van der Waals surface area contributed by atoms with Gasteiger partial charge in [0.1, 0.15) is 11.4 Å². The van der Waals surface area contributed by atoms with Gasteiger partial charge in [-0.05, 0) is 72.6 Å². The number of fused-ring (bicyclic) bond motifs is 2. The molecule has 1 aliphatic carbocycles. The first-order valence-corrected chi connectivity index (χ1v) is 20.2. The van der Waals surface area contributed by atoms with Crippen LogP contribution in [0.2, 0.25) is 0 Å². The summed E-state index contributed by atoms with van der Waals surface area (Å²) >= 11 is 0. The Balaban J connectivity index is 0.785. The monoisotopic (exact) mass is 804 g/mol. The largest absolute Gasteiger partial charge is 0.506 e. The number of phenolic OH excluding ortho intramolecular Hbond substituents is 1. The van der Waals surface area contributed by atoms with E-state index in [0.717, 1.165) is 48.3 Å². The second-order valence-electron chi connectivity index (χ2n) is 15.7. The lowest BCUT2D eigenvalue weighted by molar-refractivity contribution is -0.130. The normalized spacial score (nSPS) is 18.9. The van der Waals surface area contributed by atoms with E-state index in [2.05, 4.69) is 20.9 Å². The molecule has 3 aliphatic rings. The summed E-state index contributed by atoms with van der Waals surface area (Å²) in [7, 11) is 1.77. The van der Waals surface area contributed by atoms with Gasteiger partial charge in [0.15, 0.2) is 12.4 Å². The number of hydrogen-bond acceptors (Lipinski definition) is 9. The second-order valence-corrected chi connectivity index (χ2v) is 15.7. The molecule has 2 fully saturated rings. The molecule has 4 amide bonds. The third-order valence-electron chi connectivity index (χ3n) is 11.6. The number of rotatable bonds is 16. The van der Waals surface area contributed by atoms with Gasteiger partial charge in [-0.15, -0.1) is 0 Å². The summed E-state index contributed by atoms with van der Waals surface area (Å²) in [4.78, 5) is 55.6. The molecule has 0 radical (unpaired) electrons. The maximum atomic E-state index is 13.0. The van der Waals surface area contributed by atoms with Crippen LogP contribution < -0.4 is 25.6 Å². The molecule has 1 unspecified atom stereocenters. The number of likely N-dealkylation sites (tertiary alicyclic amines) is 1. The molecule has 59 heavy (non-hydrogen) atoms. The van der Waals surface area contributed by atoms with Crippen molar-refractivity contribution in [3.8, 4) is 22.6 Å². The average Bonchev–Trinajstić information content (AvgIpc) is 3.80. The zero-order valence-electron chi connectivity index (χ0n) is 33.2. The number of aliphatic hydroxyl groups excluding tert-OH is 1. The van der Waals surface area contributed by atoms with E-state index in [4.69, 9.17) is 4.74 Å². The molecular weight excluding hydrogens is 753 g/mol. The van der Waals surface area contributed by atoms with Gasteiger partial charge in [-0.3, -0.25) is 19.3 Å². The van der Waals surface area contributed by atoms with Crippen LogP contribution in [-0.4, -0.2) is 101 Å². The average molecular weight is 805 g/mol. The van der Waals surface area contributed by atoms with Crippen LogP contribution in [0.1, 0.15) is 49.3 Å². The van der Waals surface area contributed by atoms with Crippen molar-refractivity contribution < 1.29 is 39.2 Å². The maximum Gasteiger partial charge on any atom is 0.412 e. The Morgan fingerprint density at radius 1 is 0.932 bits per heavy atom. The zero-order valence-corrected chi connectivity index (χ0v) is 33.2. The summed E-state index contributed by atoms with van der Waals surface area (Å²) in [5.74, 6) is 0.413. The van der Waals surface area contributed by atoms with E-state index in [1.165, 1.54) is 6.07 Å². The Morgan fingerprint density at radius 3 is 2.37 bits per heavy atom. The number of carbonyl (C=O) groups is 4. The molecule has 0 spiro atoms. The molecule has 14 nitrogen and oxygen atoms in total. The Bertz CT molecular complexity index is 2120. The molecule has 7 rings (SSSR count). The van der Waals surface area contributed by atoms with Crippen LogP contribution in [0.25, 0.3) is 11.1 Å². The minimum Gasteiger partial charge on any atom is -0.506 e. The molecule has 2 aliphatic heterocycles. The Morgan fingerprint density at radius 2 is 1.64 bits per heavy atom. The van der Waals surface area contributed by atoms with Crippen molar-refractivity contribution in [3.63, 3.8) is 0 Å². The summed E-state index contributed by atoms with van der Waals surface area (Å²) in [5, 5.41) is 39.9. The molecule has 1 saturated carbocycles. The van der Waals surface area contributed by atoms with E-state index in [1.807, 2.05) is 78.9 Å². The second kappa shape index (κ2) is 18.7. The van der Waals surface area contributed by atoms with E-state index in [0.29, 0.717) is 55.6 Å². The minimum absolute atomic E-state index is 0.0379. The van der Waals surface area contributed by atoms with Gasteiger partial charge in [0.05, 0.1) is 11.8 Å². The smallest absolute Gasteiger partial charge is 0.412 e. The van der Waals surface area contributed by atoms with Gasteiger partial charge in [-0.25, -0.2) is 4.79 Å². The summed E-state index contributed by atoms with van der Waals surface area (Å²) in [5.41, 5.74) is 4.82. The number of amides is 4. The maximum absolute atomic E-state index is 13.0. The molecule has 0 aromatic heterocycles. The van der Waals surface area contributed by atoms with Gasteiger partial charge in [-0.2, -0.15) is 0 Å². The van der Waals surface area contributed by atoms with Crippen LogP contribution in [0.15, 0.2) is 91.0 Å². The molecule has 14 heteroatoms. The first kappa shape index (κ1) is 41.2. The number of phenols is 1. The quantitative estimate of drug-likeness (QED) is 0.0772. The van der Waals surface area contributed by atoms with Crippen molar-refractivity contribution in [3.05, 3.63) is 102 Å².